The summed E-state index contributed by atoms with van der Waals surface area (Å²) in [5, 5.41) is 5.54. The minimum atomic E-state index is -0.137. The molecule has 0 aliphatic carbocycles. The molecule has 0 spiro atoms. The number of nitrogens with zero attached hydrogens (tertiary/aromatic N) is 3. The van der Waals surface area contributed by atoms with Crippen LogP contribution in [0.4, 0.5) is 0 Å². The molecule has 0 atom stereocenters. The Balaban J connectivity index is 2.08. The molecule has 1 aliphatic heterocycles. The molecule has 2 aromatic rings. The average molecular weight is 299 g/mol. The third-order valence-electron chi connectivity index (χ3n) is 4.44. The van der Waals surface area contributed by atoms with Crippen LogP contribution in [0, 0.1) is 5.92 Å². The van der Waals surface area contributed by atoms with Crippen molar-refractivity contribution in [3.63, 3.8) is 0 Å². The van der Waals surface area contributed by atoms with E-state index >= 15 is 0 Å². The molecule has 1 saturated heterocycles. The molecule has 0 radical (unpaired) electrons. The van der Waals surface area contributed by atoms with Gasteiger partial charge in [-0.1, -0.05) is 25.1 Å². The fourth-order valence-corrected chi connectivity index (χ4v) is 2.97. The second-order valence-electron chi connectivity index (χ2n) is 5.99. The molecule has 5 nitrogen and oxygen atoms in total. The third kappa shape index (κ3) is 2.51. The number of benzene rings is 1. The lowest BCUT2D eigenvalue weighted by Crippen LogP contribution is -2.39. The van der Waals surface area contributed by atoms with Gasteiger partial charge in [-0.05, 0) is 31.7 Å². The van der Waals surface area contributed by atoms with Gasteiger partial charge in [-0.15, -0.1) is 0 Å². The number of rotatable bonds is 2. The molecule has 0 saturated carbocycles. The average Bonchev–Trinajstić information content (AvgIpc) is 2.55. The summed E-state index contributed by atoms with van der Waals surface area (Å²) in [5.41, 5.74) is 0.258. The van der Waals surface area contributed by atoms with Crippen LogP contribution in [0.2, 0.25) is 0 Å². The maximum atomic E-state index is 12.8. The van der Waals surface area contributed by atoms with Crippen molar-refractivity contribution < 1.29 is 4.79 Å². The third-order valence-corrected chi connectivity index (χ3v) is 4.44. The van der Waals surface area contributed by atoms with Crippen molar-refractivity contribution in [2.45, 2.75) is 33.2 Å². The lowest BCUT2D eigenvalue weighted by Gasteiger charge is -2.30. The molecular formula is C17H21N3O2. The number of hydrogen-bond acceptors (Lipinski definition) is 3. The van der Waals surface area contributed by atoms with E-state index in [0.717, 1.165) is 25.9 Å². The Morgan fingerprint density at radius 2 is 1.86 bits per heavy atom. The van der Waals surface area contributed by atoms with Crippen LogP contribution in [0.1, 0.15) is 37.2 Å². The smallest absolute Gasteiger partial charge is 0.274 e. The van der Waals surface area contributed by atoms with Gasteiger partial charge in [0.05, 0.1) is 5.39 Å². The molecule has 22 heavy (non-hydrogen) atoms. The van der Waals surface area contributed by atoms with Crippen LogP contribution in [-0.2, 0) is 6.54 Å². The van der Waals surface area contributed by atoms with Crippen molar-refractivity contribution in [3.05, 3.63) is 40.3 Å². The Morgan fingerprint density at radius 3 is 2.50 bits per heavy atom. The maximum absolute atomic E-state index is 12.8. The molecule has 1 aliphatic rings. The molecule has 3 rings (SSSR count). The van der Waals surface area contributed by atoms with Crippen molar-refractivity contribution in [2.24, 2.45) is 5.92 Å². The van der Waals surface area contributed by atoms with Gasteiger partial charge in [-0.3, -0.25) is 9.59 Å². The quantitative estimate of drug-likeness (QED) is 0.855. The topological polar surface area (TPSA) is 55.2 Å². The zero-order chi connectivity index (χ0) is 15.7. The summed E-state index contributed by atoms with van der Waals surface area (Å²) >= 11 is 0. The fourth-order valence-electron chi connectivity index (χ4n) is 2.97. The Hall–Kier alpha value is -2.17. The van der Waals surface area contributed by atoms with E-state index in [0.29, 0.717) is 28.9 Å². The second kappa shape index (κ2) is 5.91. The van der Waals surface area contributed by atoms with Gasteiger partial charge >= 0.3 is 0 Å². The van der Waals surface area contributed by atoms with E-state index in [1.54, 1.807) is 6.07 Å². The van der Waals surface area contributed by atoms with Crippen LogP contribution in [0.15, 0.2) is 29.1 Å². The number of fused-ring (bicyclic) bond motifs is 1. The van der Waals surface area contributed by atoms with Crippen LogP contribution < -0.4 is 5.56 Å². The largest absolute Gasteiger partial charge is 0.337 e. The zero-order valence-corrected chi connectivity index (χ0v) is 13.1. The van der Waals surface area contributed by atoms with Gasteiger partial charge in [0.25, 0.3) is 11.5 Å². The lowest BCUT2D eigenvalue weighted by molar-refractivity contribution is 0.0691. The molecule has 2 heterocycles. The van der Waals surface area contributed by atoms with Gasteiger partial charge in [0.2, 0.25) is 0 Å². The van der Waals surface area contributed by atoms with Crippen LogP contribution in [0.3, 0.4) is 0 Å². The van der Waals surface area contributed by atoms with E-state index in [1.165, 1.54) is 4.68 Å². The summed E-state index contributed by atoms with van der Waals surface area (Å²) in [5.74, 6) is 0.601. The Bertz CT molecular complexity index is 758. The van der Waals surface area contributed by atoms with Gasteiger partial charge in [0, 0.05) is 25.0 Å². The Labute approximate surface area is 129 Å². The molecule has 1 fully saturated rings. The highest BCUT2D eigenvalue weighted by Crippen LogP contribution is 2.20. The number of carbonyl (C=O) groups excluding carboxylic acids is 1. The predicted octanol–water partition coefficient (Wildman–Crippen LogP) is 2.29. The first-order valence-electron chi connectivity index (χ1n) is 7.91. The molecular weight excluding hydrogens is 278 g/mol. The summed E-state index contributed by atoms with van der Waals surface area (Å²) < 4.78 is 1.38. The van der Waals surface area contributed by atoms with Crippen LogP contribution in [0.5, 0.6) is 0 Å². The molecule has 0 bridgehead atoms. The summed E-state index contributed by atoms with van der Waals surface area (Å²) in [4.78, 5) is 27.0. The van der Waals surface area contributed by atoms with E-state index in [2.05, 4.69) is 12.0 Å². The molecule has 5 heteroatoms. The monoisotopic (exact) mass is 299 g/mol. The first-order chi connectivity index (χ1) is 10.6. The minimum absolute atomic E-state index is 0.0645. The highest BCUT2D eigenvalue weighted by atomic mass is 16.2. The number of aromatic nitrogens is 2. The van der Waals surface area contributed by atoms with Crippen molar-refractivity contribution in [3.8, 4) is 0 Å². The number of amides is 1. The van der Waals surface area contributed by atoms with E-state index < -0.39 is 0 Å². The highest BCUT2D eigenvalue weighted by Gasteiger charge is 2.25. The van der Waals surface area contributed by atoms with Crippen molar-refractivity contribution in [2.75, 3.05) is 13.1 Å². The van der Waals surface area contributed by atoms with E-state index in [9.17, 15) is 9.59 Å². The molecule has 1 aromatic carbocycles. The number of likely N-dealkylation sites (tertiary alicyclic amines) is 1. The van der Waals surface area contributed by atoms with Crippen LogP contribution in [0.25, 0.3) is 10.8 Å². The number of carbonyl (C=O) groups is 1. The summed E-state index contributed by atoms with van der Waals surface area (Å²) in [6, 6.07) is 7.24. The summed E-state index contributed by atoms with van der Waals surface area (Å²) in [6.45, 7) is 6.07. The Kier molecular flexibility index (Phi) is 3.96. The molecule has 0 N–H and O–H groups in total. The van der Waals surface area contributed by atoms with Crippen molar-refractivity contribution >= 4 is 16.7 Å². The molecule has 0 unspecified atom stereocenters. The molecule has 1 amide bonds. The summed E-state index contributed by atoms with van der Waals surface area (Å²) in [6.07, 6.45) is 2.05. The minimum Gasteiger partial charge on any atom is -0.337 e. The normalized spacial score (nSPS) is 16.2. The second-order valence-corrected chi connectivity index (χ2v) is 5.99. The van der Waals surface area contributed by atoms with Gasteiger partial charge in [0.15, 0.2) is 5.69 Å². The number of aryl methyl sites for hydroxylation is 1. The van der Waals surface area contributed by atoms with Gasteiger partial charge < -0.3 is 4.90 Å². The number of piperidine rings is 1. The van der Waals surface area contributed by atoms with Crippen molar-refractivity contribution in [1.82, 2.24) is 14.7 Å². The van der Waals surface area contributed by atoms with Gasteiger partial charge in [-0.25, -0.2) is 4.68 Å². The van der Waals surface area contributed by atoms with E-state index in [4.69, 9.17) is 0 Å². The van der Waals surface area contributed by atoms with Gasteiger partial charge in [-0.2, -0.15) is 5.10 Å². The first kappa shape index (κ1) is 14.8. The fraction of sp³-hybridized carbons (Fsp3) is 0.471. The number of hydrogen-bond donors (Lipinski definition) is 0. The van der Waals surface area contributed by atoms with Crippen molar-refractivity contribution in [1.29, 1.82) is 0 Å². The predicted molar refractivity (Wildman–Crippen MR) is 86.0 cm³/mol. The van der Waals surface area contributed by atoms with E-state index in [1.807, 2.05) is 30.0 Å². The van der Waals surface area contributed by atoms with Gasteiger partial charge in [0.1, 0.15) is 0 Å². The maximum Gasteiger partial charge on any atom is 0.274 e. The lowest BCUT2D eigenvalue weighted by atomic mass is 9.99. The Morgan fingerprint density at radius 1 is 1.23 bits per heavy atom. The standard InChI is InChI=1S/C17H21N3O2/c1-3-20-16(21)14-7-5-4-6-13(14)15(18-20)17(22)19-10-8-12(2)9-11-19/h4-7,12H,3,8-11H2,1-2H3. The van der Waals surface area contributed by atoms with Crippen LogP contribution in [-0.4, -0.2) is 33.7 Å². The SMILES string of the molecule is CCn1nc(C(=O)N2CCC(C)CC2)c2ccccc2c1=O. The molecule has 1 aromatic heterocycles. The van der Waals surface area contributed by atoms with Crippen LogP contribution >= 0.6 is 0 Å². The first-order valence-corrected chi connectivity index (χ1v) is 7.91. The molecule has 116 valence electrons. The highest BCUT2D eigenvalue weighted by molar-refractivity contribution is 6.04. The summed E-state index contributed by atoms with van der Waals surface area (Å²) in [7, 11) is 0. The van der Waals surface area contributed by atoms with E-state index in [-0.39, 0.29) is 11.5 Å². The zero-order valence-electron chi connectivity index (χ0n) is 13.1.